The average molecular weight is 399 g/mol. The molecule has 1 atom stereocenters. The zero-order valence-electron chi connectivity index (χ0n) is 16.4. The van der Waals surface area contributed by atoms with Gasteiger partial charge in [0.05, 0.1) is 11.6 Å². The molecule has 0 aliphatic carbocycles. The third kappa shape index (κ3) is 4.07. The normalized spacial score (nSPS) is 11.9. The van der Waals surface area contributed by atoms with Gasteiger partial charge in [-0.1, -0.05) is 78.9 Å². The molecule has 3 aromatic carbocycles. The molecule has 0 saturated heterocycles. The number of carbonyl (C=O) groups excluding carboxylic acids is 2. The lowest BCUT2D eigenvalue weighted by molar-refractivity contribution is -0.129. The number of hydrogen-bond donors (Lipinski definition) is 2. The zero-order valence-corrected chi connectivity index (χ0v) is 16.4. The second-order valence-corrected chi connectivity index (χ2v) is 6.93. The van der Waals surface area contributed by atoms with E-state index in [1.54, 1.807) is 13.0 Å². The van der Waals surface area contributed by atoms with Gasteiger partial charge in [0.15, 0.2) is 11.8 Å². The van der Waals surface area contributed by atoms with Crippen LogP contribution in [0.1, 0.15) is 34.6 Å². The van der Waals surface area contributed by atoms with Crippen LogP contribution in [0.25, 0.3) is 10.9 Å². The molecule has 0 aliphatic rings. The maximum Gasteiger partial charge on any atom is 0.360 e. The van der Waals surface area contributed by atoms with Crippen molar-refractivity contribution in [1.82, 2.24) is 15.5 Å². The summed E-state index contributed by atoms with van der Waals surface area (Å²) >= 11 is 0. The predicted molar refractivity (Wildman–Crippen MR) is 114 cm³/mol. The number of ether oxygens (including phenoxy) is 1. The van der Waals surface area contributed by atoms with Crippen molar-refractivity contribution in [1.29, 1.82) is 0 Å². The number of para-hydroxylation sites is 1. The highest BCUT2D eigenvalue weighted by molar-refractivity contribution is 6.02. The van der Waals surface area contributed by atoms with Crippen molar-refractivity contribution in [2.24, 2.45) is 0 Å². The number of carbonyl (C=O) groups is 2. The Bertz CT molecular complexity index is 1120. The van der Waals surface area contributed by atoms with Gasteiger partial charge >= 0.3 is 5.97 Å². The van der Waals surface area contributed by atoms with Crippen LogP contribution in [-0.2, 0) is 9.53 Å². The van der Waals surface area contributed by atoms with Gasteiger partial charge in [-0.3, -0.25) is 9.89 Å². The lowest BCUT2D eigenvalue weighted by Gasteiger charge is -2.22. The van der Waals surface area contributed by atoms with Crippen molar-refractivity contribution in [3.63, 3.8) is 0 Å². The van der Waals surface area contributed by atoms with E-state index in [1.807, 2.05) is 78.9 Å². The predicted octanol–water partition coefficient (Wildman–Crippen LogP) is 4.01. The summed E-state index contributed by atoms with van der Waals surface area (Å²) in [5.74, 6) is -1.04. The van der Waals surface area contributed by atoms with Crippen LogP contribution in [0.3, 0.4) is 0 Å². The van der Waals surface area contributed by atoms with Crippen LogP contribution in [0, 0.1) is 0 Å². The summed E-state index contributed by atoms with van der Waals surface area (Å²) in [6, 6.07) is 26.2. The fourth-order valence-corrected chi connectivity index (χ4v) is 3.30. The Morgan fingerprint density at radius 3 is 2.07 bits per heavy atom. The molecule has 4 rings (SSSR count). The minimum absolute atomic E-state index is 0.160. The molecule has 0 saturated carbocycles. The number of H-pyrrole nitrogens is 1. The van der Waals surface area contributed by atoms with Crippen LogP contribution in [0.5, 0.6) is 0 Å². The van der Waals surface area contributed by atoms with Crippen LogP contribution in [0.15, 0.2) is 84.9 Å². The Morgan fingerprint density at radius 1 is 0.867 bits per heavy atom. The smallest absolute Gasteiger partial charge is 0.360 e. The quantitative estimate of drug-likeness (QED) is 0.480. The molecule has 1 aromatic heterocycles. The van der Waals surface area contributed by atoms with E-state index < -0.39 is 12.1 Å². The summed E-state index contributed by atoms with van der Waals surface area (Å²) in [5.41, 5.74) is 2.77. The molecule has 0 spiro atoms. The first-order valence-electron chi connectivity index (χ1n) is 9.68. The summed E-state index contributed by atoms with van der Waals surface area (Å²) in [4.78, 5) is 25.4. The molecule has 0 aliphatic heterocycles. The number of aromatic nitrogens is 2. The summed E-state index contributed by atoms with van der Waals surface area (Å²) in [6.07, 6.45) is -0.983. The Labute approximate surface area is 173 Å². The molecule has 0 radical (unpaired) electrons. The molecule has 1 amide bonds. The highest BCUT2D eigenvalue weighted by Gasteiger charge is 2.25. The maximum atomic E-state index is 12.9. The fraction of sp³-hybridized carbons (Fsp3) is 0.125. The second kappa shape index (κ2) is 8.61. The monoisotopic (exact) mass is 399 g/mol. The van der Waals surface area contributed by atoms with Crippen molar-refractivity contribution in [2.45, 2.75) is 19.1 Å². The van der Waals surface area contributed by atoms with E-state index in [9.17, 15) is 9.59 Å². The maximum absolute atomic E-state index is 12.9. The molecule has 6 nitrogen and oxygen atoms in total. The average Bonchev–Trinajstić information content (AvgIpc) is 3.23. The largest absolute Gasteiger partial charge is 0.448 e. The first-order chi connectivity index (χ1) is 14.6. The third-order valence-electron chi connectivity index (χ3n) is 4.87. The number of amides is 1. The van der Waals surface area contributed by atoms with Crippen LogP contribution >= 0.6 is 0 Å². The summed E-state index contributed by atoms with van der Waals surface area (Å²) in [7, 11) is 0. The van der Waals surface area contributed by atoms with Gasteiger partial charge in [-0.25, -0.2) is 4.79 Å². The highest BCUT2D eigenvalue weighted by Crippen LogP contribution is 2.22. The van der Waals surface area contributed by atoms with E-state index in [2.05, 4.69) is 15.5 Å². The van der Waals surface area contributed by atoms with Gasteiger partial charge in [0.1, 0.15) is 0 Å². The van der Waals surface area contributed by atoms with Crippen LogP contribution in [0.4, 0.5) is 0 Å². The molecule has 0 fully saturated rings. The Kier molecular flexibility index (Phi) is 5.57. The van der Waals surface area contributed by atoms with Crippen molar-refractivity contribution in [2.75, 3.05) is 0 Å². The minimum Gasteiger partial charge on any atom is -0.448 e. The number of rotatable bonds is 6. The van der Waals surface area contributed by atoms with Gasteiger partial charge in [-0.05, 0) is 24.1 Å². The van der Waals surface area contributed by atoms with Gasteiger partial charge in [0, 0.05) is 5.39 Å². The number of esters is 1. The third-order valence-corrected chi connectivity index (χ3v) is 4.87. The number of fused-ring (bicyclic) bond motifs is 1. The SMILES string of the molecule is CC(OC(=O)c1n[nH]c2ccccc12)C(=O)NC(c1ccccc1)c1ccccc1. The molecule has 6 heteroatoms. The van der Waals surface area contributed by atoms with E-state index in [0.717, 1.165) is 16.6 Å². The van der Waals surface area contributed by atoms with Crippen LogP contribution < -0.4 is 5.32 Å². The van der Waals surface area contributed by atoms with Gasteiger partial charge in [-0.2, -0.15) is 5.10 Å². The number of aromatic amines is 1. The standard InChI is InChI=1S/C24H21N3O3/c1-16(30-24(29)22-19-14-8-9-15-20(19)26-27-22)23(28)25-21(17-10-4-2-5-11-17)18-12-6-3-7-13-18/h2-16,21H,1H3,(H,25,28)(H,26,27). The number of hydrogen-bond acceptors (Lipinski definition) is 4. The number of nitrogens with one attached hydrogen (secondary N) is 2. The Hall–Kier alpha value is -3.93. The minimum atomic E-state index is -0.983. The molecule has 0 bridgehead atoms. The van der Waals surface area contributed by atoms with Gasteiger partial charge in [0.2, 0.25) is 0 Å². The zero-order chi connectivity index (χ0) is 20.9. The van der Waals surface area contributed by atoms with E-state index in [4.69, 9.17) is 4.74 Å². The number of nitrogens with zero attached hydrogens (tertiary/aromatic N) is 1. The topological polar surface area (TPSA) is 84.1 Å². The van der Waals surface area contributed by atoms with Crippen molar-refractivity contribution in [3.8, 4) is 0 Å². The van der Waals surface area contributed by atoms with Crippen molar-refractivity contribution >= 4 is 22.8 Å². The molecule has 150 valence electrons. The first-order valence-corrected chi connectivity index (χ1v) is 9.68. The van der Waals surface area contributed by atoms with E-state index in [1.165, 1.54) is 0 Å². The summed E-state index contributed by atoms with van der Waals surface area (Å²) in [6.45, 7) is 1.55. The molecule has 4 aromatic rings. The van der Waals surface area contributed by atoms with E-state index in [-0.39, 0.29) is 17.6 Å². The summed E-state index contributed by atoms with van der Waals surface area (Å²) < 4.78 is 5.40. The van der Waals surface area contributed by atoms with Crippen molar-refractivity contribution in [3.05, 3.63) is 102 Å². The Morgan fingerprint density at radius 2 is 1.43 bits per heavy atom. The van der Waals surface area contributed by atoms with Crippen LogP contribution in [0.2, 0.25) is 0 Å². The molecule has 30 heavy (non-hydrogen) atoms. The molecular weight excluding hydrogens is 378 g/mol. The highest BCUT2D eigenvalue weighted by atomic mass is 16.5. The Balaban J connectivity index is 1.50. The number of benzene rings is 3. The van der Waals surface area contributed by atoms with E-state index >= 15 is 0 Å². The second-order valence-electron chi connectivity index (χ2n) is 6.93. The van der Waals surface area contributed by atoms with E-state index in [0.29, 0.717) is 5.39 Å². The molecule has 2 N–H and O–H groups in total. The lowest BCUT2D eigenvalue weighted by Crippen LogP contribution is -2.38. The van der Waals surface area contributed by atoms with Gasteiger partial charge < -0.3 is 10.1 Å². The lowest BCUT2D eigenvalue weighted by atomic mass is 9.98. The van der Waals surface area contributed by atoms with Crippen molar-refractivity contribution < 1.29 is 14.3 Å². The summed E-state index contributed by atoms with van der Waals surface area (Å²) in [5, 5.41) is 10.5. The fourth-order valence-electron chi connectivity index (χ4n) is 3.30. The first kappa shape index (κ1) is 19.4. The molecule has 1 heterocycles. The van der Waals surface area contributed by atoms with Gasteiger partial charge in [0.25, 0.3) is 5.91 Å². The molecular formula is C24H21N3O3. The van der Waals surface area contributed by atoms with Gasteiger partial charge in [-0.15, -0.1) is 0 Å². The van der Waals surface area contributed by atoms with Crippen LogP contribution in [-0.4, -0.2) is 28.2 Å². The molecule has 1 unspecified atom stereocenters.